The van der Waals surface area contributed by atoms with E-state index in [-0.39, 0.29) is 24.4 Å². The van der Waals surface area contributed by atoms with Gasteiger partial charge in [-0.05, 0) is 44.4 Å². The van der Waals surface area contributed by atoms with Gasteiger partial charge in [-0.3, -0.25) is 14.1 Å². The van der Waals surface area contributed by atoms with Gasteiger partial charge in [-0.15, -0.1) is 0 Å². The molecule has 3 unspecified atom stereocenters. The highest BCUT2D eigenvalue weighted by atomic mass is 31.2. The monoisotopic (exact) mass is 592 g/mol. The van der Waals surface area contributed by atoms with Crippen molar-refractivity contribution in [2.75, 3.05) is 13.2 Å². The maximum atomic E-state index is 14.0. The van der Waals surface area contributed by atoms with Crippen molar-refractivity contribution in [3.63, 3.8) is 0 Å². The molecular formula is C28H39N3O9P+. The van der Waals surface area contributed by atoms with Gasteiger partial charge >= 0.3 is 13.7 Å². The Morgan fingerprint density at radius 1 is 1.12 bits per heavy atom. The van der Waals surface area contributed by atoms with E-state index < -0.39 is 56.0 Å². The molecule has 13 heteroatoms. The summed E-state index contributed by atoms with van der Waals surface area (Å²) < 4.78 is 51.2. The molecule has 12 nitrogen and oxygen atoms in total. The Hall–Kier alpha value is -2.86. The first-order valence-corrected chi connectivity index (χ1v) is 14.9. The quantitative estimate of drug-likeness (QED) is 0.226. The third-order valence-electron chi connectivity index (χ3n) is 6.26. The highest BCUT2D eigenvalue weighted by Crippen LogP contribution is 2.47. The van der Waals surface area contributed by atoms with Crippen molar-refractivity contribution in [3.8, 4) is 5.75 Å². The molecule has 1 aromatic heterocycles. The zero-order chi connectivity index (χ0) is 30.0. The molecule has 2 aliphatic heterocycles. The summed E-state index contributed by atoms with van der Waals surface area (Å²) in [5.41, 5.74) is 5.52. The molecule has 2 aromatic rings. The number of rotatable bonds is 11. The molecule has 4 rings (SSSR count). The summed E-state index contributed by atoms with van der Waals surface area (Å²) >= 11 is 0. The second-order valence-electron chi connectivity index (χ2n) is 11.8. The molecule has 1 amide bonds. The fraction of sp³-hybridized carbons (Fsp3) is 0.536. The largest absolute Gasteiger partial charge is 0.464 e. The molecule has 2 saturated heterocycles. The Morgan fingerprint density at radius 2 is 1.80 bits per heavy atom. The molecule has 2 aliphatic rings. The molecule has 2 fully saturated rings. The number of carbonyl (C=O) groups is 2. The van der Waals surface area contributed by atoms with E-state index in [9.17, 15) is 14.2 Å². The Balaban J connectivity index is 1.53. The van der Waals surface area contributed by atoms with Crippen LogP contribution in [0.4, 0.5) is 0 Å². The third kappa shape index (κ3) is 8.12. The number of nitrogens with zero attached hydrogens (tertiary/aromatic N) is 1. The number of primary amides is 1. The predicted molar refractivity (Wildman–Crippen MR) is 147 cm³/mol. The maximum absolute atomic E-state index is 14.0. The summed E-state index contributed by atoms with van der Waals surface area (Å²) in [6.45, 7) is 10.8. The van der Waals surface area contributed by atoms with E-state index in [2.05, 4.69) is 5.09 Å². The van der Waals surface area contributed by atoms with Crippen molar-refractivity contribution in [3.05, 3.63) is 60.4 Å². The number of pyridine rings is 1. The summed E-state index contributed by atoms with van der Waals surface area (Å²) in [4.78, 5) is 24.4. The SMILES string of the molecule is CC(NP(=O)(OCC1O[C@@H]([n+]2cccc(C(N)=O)c2)[C@@H]2OC(C)(C)O[C@H]12)Oc1ccccc1)C(=O)OCC(C)(C)C. The molecule has 0 spiro atoms. The van der Waals surface area contributed by atoms with Crippen molar-refractivity contribution >= 4 is 19.6 Å². The van der Waals surface area contributed by atoms with Gasteiger partial charge in [0.05, 0.1) is 13.2 Å². The van der Waals surface area contributed by atoms with Crippen LogP contribution in [0.3, 0.4) is 0 Å². The van der Waals surface area contributed by atoms with Gasteiger partial charge < -0.3 is 29.2 Å². The van der Waals surface area contributed by atoms with Crippen molar-refractivity contribution in [2.24, 2.45) is 11.1 Å². The summed E-state index contributed by atoms with van der Waals surface area (Å²) in [5.74, 6) is -1.83. The summed E-state index contributed by atoms with van der Waals surface area (Å²) in [6, 6.07) is 10.7. The Morgan fingerprint density at radius 3 is 2.46 bits per heavy atom. The highest BCUT2D eigenvalue weighted by Gasteiger charge is 2.59. The molecule has 0 saturated carbocycles. The number of ether oxygens (including phenoxy) is 4. The minimum atomic E-state index is -4.14. The van der Waals surface area contributed by atoms with Crippen LogP contribution >= 0.6 is 7.75 Å². The molecule has 0 radical (unpaired) electrons. The second-order valence-corrected chi connectivity index (χ2v) is 13.4. The molecule has 3 N–H and O–H groups in total. The lowest BCUT2D eigenvalue weighted by atomic mass is 9.99. The molecule has 0 aliphatic carbocycles. The van der Waals surface area contributed by atoms with E-state index >= 15 is 0 Å². The number of hydrogen-bond acceptors (Lipinski definition) is 9. The first kappa shape index (κ1) is 31.1. The minimum Gasteiger partial charge on any atom is -0.464 e. The molecule has 6 atom stereocenters. The van der Waals surface area contributed by atoms with Crippen LogP contribution in [0.1, 0.15) is 58.1 Å². The maximum Gasteiger partial charge on any atom is 0.459 e. The number of nitrogens with one attached hydrogen (secondary N) is 1. The topological polar surface area (TPSA) is 149 Å². The standard InChI is InChI=1S/C28H38N3O9P/c1-18(26(33)35-17-27(2,3)4)30-41(34,40-20-12-8-7-9-13-20)36-16-21-22-23(39-28(5,6)38-22)25(37-21)31-14-10-11-19(15-31)24(29)32/h7-15,18,21-23,25H,16-17H2,1-6H3,(H2-,29,30,32,34)/p+1/t18?,21?,22-,23-,25-,41?/m1/s1. The number of hydrogen-bond donors (Lipinski definition) is 2. The lowest BCUT2D eigenvalue weighted by Gasteiger charge is -2.26. The summed E-state index contributed by atoms with van der Waals surface area (Å²) in [5, 5.41) is 2.69. The first-order chi connectivity index (χ1) is 19.1. The van der Waals surface area contributed by atoms with Crippen LogP contribution in [0, 0.1) is 5.41 Å². The van der Waals surface area contributed by atoms with Gasteiger partial charge in [-0.2, -0.15) is 9.65 Å². The molecule has 0 bridgehead atoms. The van der Waals surface area contributed by atoms with Crippen molar-refractivity contribution in [1.29, 1.82) is 0 Å². The molecule has 3 heterocycles. The number of esters is 1. The van der Waals surface area contributed by atoms with Gasteiger partial charge in [0.15, 0.2) is 24.3 Å². The van der Waals surface area contributed by atoms with Gasteiger partial charge in [0, 0.05) is 6.07 Å². The summed E-state index contributed by atoms with van der Waals surface area (Å²) in [7, 11) is -4.14. The highest BCUT2D eigenvalue weighted by molar-refractivity contribution is 7.52. The van der Waals surface area contributed by atoms with Crippen LogP contribution in [-0.4, -0.2) is 55.2 Å². The number of benzene rings is 1. The molecular weight excluding hydrogens is 553 g/mol. The van der Waals surface area contributed by atoms with Crippen molar-refractivity contribution in [2.45, 2.75) is 77.9 Å². The van der Waals surface area contributed by atoms with E-state index in [1.54, 1.807) is 73.3 Å². The summed E-state index contributed by atoms with van der Waals surface area (Å²) in [6.07, 6.45) is 0.691. The molecule has 41 heavy (non-hydrogen) atoms. The number of nitrogens with two attached hydrogens (primary N) is 1. The zero-order valence-electron chi connectivity index (χ0n) is 24.1. The lowest BCUT2D eigenvalue weighted by molar-refractivity contribution is -0.766. The van der Waals surface area contributed by atoms with Gasteiger partial charge in [0.2, 0.25) is 0 Å². The molecule has 224 valence electrons. The molecule has 1 aromatic carbocycles. The van der Waals surface area contributed by atoms with Crippen LogP contribution in [0.2, 0.25) is 0 Å². The van der Waals surface area contributed by atoms with Crippen LogP contribution in [0.15, 0.2) is 54.9 Å². The van der Waals surface area contributed by atoms with Gasteiger partial charge in [0.1, 0.15) is 29.6 Å². The average Bonchev–Trinajstić information content (AvgIpc) is 3.39. The lowest BCUT2D eigenvalue weighted by Crippen LogP contribution is -2.46. The second kappa shape index (κ2) is 12.2. The Kier molecular flexibility index (Phi) is 9.22. The first-order valence-electron chi connectivity index (χ1n) is 13.4. The van der Waals surface area contributed by atoms with Gasteiger partial charge in [-0.1, -0.05) is 39.0 Å². The van der Waals surface area contributed by atoms with E-state index in [1.807, 2.05) is 20.8 Å². The fourth-order valence-corrected chi connectivity index (χ4v) is 5.92. The Bertz CT molecular complexity index is 1280. The van der Waals surface area contributed by atoms with Gasteiger partial charge in [0.25, 0.3) is 12.1 Å². The smallest absolute Gasteiger partial charge is 0.459 e. The van der Waals surface area contributed by atoms with E-state index in [1.165, 1.54) is 6.92 Å². The van der Waals surface area contributed by atoms with Crippen LogP contribution in [0.5, 0.6) is 5.75 Å². The normalized spacial score (nSPS) is 25.6. The van der Waals surface area contributed by atoms with Crippen molar-refractivity contribution < 1.29 is 46.7 Å². The third-order valence-corrected chi connectivity index (χ3v) is 7.90. The van der Waals surface area contributed by atoms with E-state index in [0.29, 0.717) is 5.56 Å². The van der Waals surface area contributed by atoms with E-state index in [4.69, 9.17) is 33.7 Å². The predicted octanol–water partition coefficient (Wildman–Crippen LogP) is 3.26. The number of amides is 1. The van der Waals surface area contributed by atoms with Crippen LogP contribution < -0.4 is 19.9 Å². The van der Waals surface area contributed by atoms with Crippen molar-refractivity contribution in [1.82, 2.24) is 5.09 Å². The van der Waals surface area contributed by atoms with E-state index in [0.717, 1.165) is 0 Å². The van der Waals surface area contributed by atoms with Crippen LogP contribution in [-0.2, 0) is 32.8 Å². The number of carbonyl (C=O) groups excluding carboxylic acids is 2. The number of para-hydroxylation sites is 1. The minimum absolute atomic E-state index is 0.185. The fourth-order valence-electron chi connectivity index (χ4n) is 4.41. The zero-order valence-corrected chi connectivity index (χ0v) is 25.0. The average molecular weight is 593 g/mol. The van der Waals surface area contributed by atoms with Gasteiger partial charge in [-0.25, -0.2) is 4.57 Å². The number of aromatic nitrogens is 1. The number of fused-ring (bicyclic) bond motifs is 1. The van der Waals surface area contributed by atoms with Crippen LogP contribution in [0.25, 0.3) is 0 Å². The Labute approximate surface area is 240 Å².